The lowest BCUT2D eigenvalue weighted by atomic mass is 10.2. The Bertz CT molecular complexity index is 1070. The first-order chi connectivity index (χ1) is 14.5. The first-order valence-corrected chi connectivity index (χ1v) is 11.8. The molecule has 1 saturated heterocycles. The molecule has 2 heterocycles. The molecule has 2 aliphatic rings. The van der Waals surface area contributed by atoms with Gasteiger partial charge in [-0.1, -0.05) is 33.8 Å². The van der Waals surface area contributed by atoms with Crippen molar-refractivity contribution in [3.63, 3.8) is 0 Å². The van der Waals surface area contributed by atoms with Gasteiger partial charge in [0.2, 0.25) is 0 Å². The van der Waals surface area contributed by atoms with Crippen LogP contribution in [0.4, 0.5) is 11.4 Å². The van der Waals surface area contributed by atoms with Crippen molar-refractivity contribution >= 4 is 61.9 Å². The second-order valence-corrected chi connectivity index (χ2v) is 9.42. The molecule has 0 N–H and O–H groups in total. The number of halogens is 1. The number of carbonyl (C=O) groups is 1. The van der Waals surface area contributed by atoms with E-state index in [1.807, 2.05) is 42.5 Å². The summed E-state index contributed by atoms with van der Waals surface area (Å²) in [5, 5.41) is 1.60. The van der Waals surface area contributed by atoms with E-state index in [0.29, 0.717) is 16.6 Å². The van der Waals surface area contributed by atoms with Crippen molar-refractivity contribution in [2.24, 2.45) is 4.99 Å². The Balaban J connectivity index is 1.75. The van der Waals surface area contributed by atoms with Crippen molar-refractivity contribution in [2.75, 3.05) is 25.1 Å². The average molecular weight is 502 g/mol. The highest BCUT2D eigenvalue weighted by Crippen LogP contribution is 2.51. The SMILES string of the molecule is C=CCN1C(=O)/C(=C2/Sc3ccc(OC)cc3N2CC)SC1=Nc1ccc(Br)cc1. The molecule has 5 nitrogen and oxygen atoms in total. The van der Waals surface area contributed by atoms with Crippen molar-refractivity contribution < 1.29 is 9.53 Å². The smallest absolute Gasteiger partial charge is 0.269 e. The van der Waals surface area contributed by atoms with Gasteiger partial charge in [0.25, 0.3) is 5.91 Å². The van der Waals surface area contributed by atoms with Crippen LogP contribution in [-0.4, -0.2) is 36.2 Å². The number of hydrogen-bond acceptors (Lipinski definition) is 6. The molecule has 2 aromatic rings. The van der Waals surface area contributed by atoms with Gasteiger partial charge in [0.15, 0.2) is 5.17 Å². The number of amides is 1. The fourth-order valence-corrected chi connectivity index (χ4v) is 5.85. The highest BCUT2D eigenvalue weighted by atomic mass is 79.9. The van der Waals surface area contributed by atoms with Crippen LogP contribution in [0.5, 0.6) is 5.75 Å². The van der Waals surface area contributed by atoms with E-state index < -0.39 is 0 Å². The molecule has 30 heavy (non-hydrogen) atoms. The number of ether oxygens (including phenoxy) is 1. The topological polar surface area (TPSA) is 45.1 Å². The standard InChI is InChI=1S/C22H20BrN3O2S2/c1-4-12-26-20(27)19(30-22(26)24-15-8-6-14(23)7-9-15)21-25(5-2)17-13-16(28-3)10-11-18(17)29-21/h4,6-11,13H,1,5,12H2,2-3H3/b21-19-,24-22?. The summed E-state index contributed by atoms with van der Waals surface area (Å²) in [6.07, 6.45) is 1.72. The quantitative estimate of drug-likeness (QED) is 0.370. The number of aliphatic imine (C=N–C) groups is 1. The Morgan fingerprint density at radius 3 is 2.60 bits per heavy atom. The molecule has 0 saturated carbocycles. The number of hydrogen-bond donors (Lipinski definition) is 0. The number of rotatable bonds is 5. The molecule has 0 unspecified atom stereocenters. The third-order valence-electron chi connectivity index (χ3n) is 4.65. The Morgan fingerprint density at radius 2 is 1.93 bits per heavy atom. The summed E-state index contributed by atoms with van der Waals surface area (Å²) in [6.45, 7) is 7.05. The monoisotopic (exact) mass is 501 g/mol. The molecule has 1 amide bonds. The maximum Gasteiger partial charge on any atom is 0.269 e. The summed E-state index contributed by atoms with van der Waals surface area (Å²) in [5.74, 6) is 0.756. The third-order valence-corrected chi connectivity index (χ3v) is 7.55. The Labute approximate surface area is 193 Å². The molecule has 0 bridgehead atoms. The van der Waals surface area contributed by atoms with Crippen LogP contribution >= 0.6 is 39.5 Å². The van der Waals surface area contributed by atoms with Gasteiger partial charge in [0.05, 0.1) is 18.5 Å². The molecule has 0 atom stereocenters. The van der Waals surface area contributed by atoms with Crippen LogP contribution in [0, 0.1) is 0 Å². The van der Waals surface area contributed by atoms with Crippen molar-refractivity contribution in [1.82, 2.24) is 4.90 Å². The number of amidine groups is 1. The van der Waals surface area contributed by atoms with Crippen LogP contribution < -0.4 is 9.64 Å². The molecule has 2 aliphatic heterocycles. The average Bonchev–Trinajstić information content (AvgIpc) is 3.27. The largest absolute Gasteiger partial charge is 0.497 e. The van der Waals surface area contributed by atoms with E-state index in [-0.39, 0.29) is 5.91 Å². The minimum absolute atomic E-state index is 0.0449. The fourth-order valence-electron chi connectivity index (χ4n) is 3.21. The first kappa shape index (κ1) is 21.1. The van der Waals surface area contributed by atoms with Gasteiger partial charge >= 0.3 is 0 Å². The molecule has 0 radical (unpaired) electrons. The van der Waals surface area contributed by atoms with Crippen molar-refractivity contribution in [3.05, 3.63) is 69.5 Å². The van der Waals surface area contributed by atoms with Crippen LogP contribution in [0.25, 0.3) is 0 Å². The lowest BCUT2D eigenvalue weighted by Gasteiger charge is -2.19. The Hall–Kier alpha value is -2.16. The summed E-state index contributed by atoms with van der Waals surface area (Å²) in [7, 11) is 1.66. The van der Waals surface area contributed by atoms with Gasteiger partial charge in [-0.15, -0.1) is 6.58 Å². The van der Waals surface area contributed by atoms with Crippen LogP contribution in [-0.2, 0) is 4.79 Å². The van der Waals surface area contributed by atoms with Crippen LogP contribution in [0.15, 0.2) is 79.4 Å². The number of fused-ring (bicyclic) bond motifs is 1. The van der Waals surface area contributed by atoms with Gasteiger partial charge < -0.3 is 9.64 Å². The Morgan fingerprint density at radius 1 is 1.17 bits per heavy atom. The molecule has 4 rings (SSSR count). The Kier molecular flexibility index (Phi) is 6.26. The predicted octanol–water partition coefficient (Wildman–Crippen LogP) is 6.01. The predicted molar refractivity (Wildman–Crippen MR) is 130 cm³/mol. The zero-order chi connectivity index (χ0) is 21.3. The van der Waals surface area contributed by atoms with E-state index in [1.165, 1.54) is 11.8 Å². The summed E-state index contributed by atoms with van der Waals surface area (Å²) in [6, 6.07) is 13.7. The minimum atomic E-state index is -0.0449. The molecule has 0 aliphatic carbocycles. The zero-order valence-corrected chi connectivity index (χ0v) is 19.8. The molecular weight excluding hydrogens is 482 g/mol. The zero-order valence-electron chi connectivity index (χ0n) is 16.6. The molecule has 154 valence electrons. The molecule has 1 fully saturated rings. The van der Waals surface area contributed by atoms with E-state index in [1.54, 1.807) is 29.8 Å². The first-order valence-electron chi connectivity index (χ1n) is 9.38. The highest BCUT2D eigenvalue weighted by Gasteiger charge is 2.39. The van der Waals surface area contributed by atoms with Gasteiger partial charge in [-0.25, -0.2) is 4.99 Å². The van der Waals surface area contributed by atoms with Gasteiger partial charge in [0.1, 0.15) is 15.7 Å². The van der Waals surface area contributed by atoms with Gasteiger partial charge in [-0.05, 0) is 55.1 Å². The fraction of sp³-hybridized carbons (Fsp3) is 0.182. The summed E-state index contributed by atoms with van der Waals surface area (Å²) >= 11 is 6.47. The molecule has 0 aromatic heterocycles. The van der Waals surface area contributed by atoms with E-state index in [2.05, 4.69) is 34.3 Å². The molecule has 0 spiro atoms. The lowest BCUT2D eigenvalue weighted by Crippen LogP contribution is -2.30. The molecule has 8 heteroatoms. The van der Waals surface area contributed by atoms with Crippen LogP contribution in [0.2, 0.25) is 0 Å². The van der Waals surface area contributed by atoms with Crippen molar-refractivity contribution in [3.8, 4) is 5.75 Å². The van der Waals surface area contributed by atoms with Crippen LogP contribution in [0.1, 0.15) is 6.92 Å². The number of anilines is 1. The van der Waals surface area contributed by atoms with E-state index in [9.17, 15) is 4.79 Å². The van der Waals surface area contributed by atoms with E-state index in [4.69, 9.17) is 9.73 Å². The molecular formula is C22H20BrN3O2S2. The van der Waals surface area contributed by atoms with Gasteiger partial charge in [-0.2, -0.15) is 0 Å². The maximum absolute atomic E-state index is 13.3. The second-order valence-electron chi connectivity index (χ2n) is 6.49. The number of benzene rings is 2. The van der Waals surface area contributed by atoms with Gasteiger partial charge in [0, 0.05) is 28.5 Å². The molecule has 2 aromatic carbocycles. The number of methoxy groups -OCH3 is 1. The second kappa shape index (κ2) is 8.91. The number of thioether (sulfide) groups is 2. The van der Waals surface area contributed by atoms with E-state index >= 15 is 0 Å². The lowest BCUT2D eigenvalue weighted by molar-refractivity contribution is -0.121. The summed E-state index contributed by atoms with van der Waals surface area (Å²) in [5.41, 5.74) is 1.86. The normalized spacial score (nSPS) is 19.6. The van der Waals surface area contributed by atoms with Crippen LogP contribution in [0.3, 0.4) is 0 Å². The summed E-state index contributed by atoms with van der Waals surface area (Å²) in [4.78, 5) is 23.7. The van der Waals surface area contributed by atoms with Crippen molar-refractivity contribution in [1.29, 1.82) is 0 Å². The van der Waals surface area contributed by atoms with Crippen molar-refractivity contribution in [2.45, 2.75) is 11.8 Å². The maximum atomic E-state index is 13.3. The number of carbonyl (C=O) groups excluding carboxylic acids is 1. The number of nitrogens with zero attached hydrogens (tertiary/aromatic N) is 3. The highest BCUT2D eigenvalue weighted by molar-refractivity contribution is 9.10. The van der Waals surface area contributed by atoms with Gasteiger partial charge in [-0.3, -0.25) is 9.69 Å². The van der Waals surface area contributed by atoms with E-state index in [0.717, 1.165) is 38.1 Å². The third kappa shape index (κ3) is 3.91. The summed E-state index contributed by atoms with van der Waals surface area (Å²) < 4.78 is 6.38. The minimum Gasteiger partial charge on any atom is -0.497 e.